The van der Waals surface area contributed by atoms with Crippen LogP contribution in [0, 0.1) is 0 Å². The molecule has 1 aromatic carbocycles. The van der Waals surface area contributed by atoms with Crippen LogP contribution in [0.25, 0.3) is 5.69 Å². The van der Waals surface area contributed by atoms with E-state index in [4.69, 9.17) is 16.6 Å². The number of aromatic nitrogens is 3. The largest absolute Gasteiger partial charge is 0.357 e. The molecule has 1 aliphatic heterocycles. The summed E-state index contributed by atoms with van der Waals surface area (Å²) in [5.41, 5.74) is 2.23. The van der Waals surface area contributed by atoms with Gasteiger partial charge in [0.2, 0.25) is 0 Å². The Hall–Kier alpha value is -2.33. The highest BCUT2D eigenvalue weighted by atomic mass is 127. The summed E-state index contributed by atoms with van der Waals surface area (Å²) in [5, 5.41) is 12.1. The highest BCUT2D eigenvalue weighted by Gasteiger charge is 2.25. The van der Waals surface area contributed by atoms with Crippen LogP contribution in [0.2, 0.25) is 5.02 Å². The standard InChI is InChI=1S/C23H28ClN7.HI/c1-2-25-23(29-19-11-14-30(17-19)22-21(24)9-6-12-26-22)27-13-10-18-15-28-31(16-18)20-7-4-3-5-8-20;/h3-9,12,15-16,19H,2,10-11,13-14,17H2,1H3,(H2,25,27,29);1H. The molecule has 170 valence electrons. The number of pyridine rings is 1. The van der Waals surface area contributed by atoms with Crippen molar-refractivity contribution in [3.05, 3.63) is 71.6 Å². The summed E-state index contributed by atoms with van der Waals surface area (Å²) in [6, 6.07) is 14.2. The zero-order valence-electron chi connectivity index (χ0n) is 18.1. The summed E-state index contributed by atoms with van der Waals surface area (Å²) >= 11 is 6.31. The van der Waals surface area contributed by atoms with Crippen LogP contribution in [0.15, 0.2) is 66.0 Å². The number of rotatable bonds is 7. The fourth-order valence-electron chi connectivity index (χ4n) is 3.70. The minimum Gasteiger partial charge on any atom is -0.357 e. The summed E-state index contributed by atoms with van der Waals surface area (Å²) in [7, 11) is 0. The molecule has 1 unspecified atom stereocenters. The van der Waals surface area contributed by atoms with Crippen molar-refractivity contribution < 1.29 is 0 Å². The van der Waals surface area contributed by atoms with Crippen molar-refractivity contribution in [2.24, 2.45) is 4.99 Å². The van der Waals surface area contributed by atoms with E-state index in [0.29, 0.717) is 17.6 Å². The average molecular weight is 566 g/mol. The quantitative estimate of drug-likeness (QED) is 0.258. The summed E-state index contributed by atoms with van der Waals surface area (Å²) in [6.45, 7) is 5.37. The van der Waals surface area contributed by atoms with Crippen molar-refractivity contribution in [1.29, 1.82) is 0 Å². The number of nitrogens with one attached hydrogen (secondary N) is 2. The fourth-order valence-corrected chi connectivity index (χ4v) is 3.94. The first-order valence-electron chi connectivity index (χ1n) is 10.7. The van der Waals surface area contributed by atoms with Crippen LogP contribution in [-0.2, 0) is 6.42 Å². The fraction of sp³-hybridized carbons (Fsp3) is 0.348. The third kappa shape index (κ3) is 6.35. The molecule has 9 heteroatoms. The molecule has 1 saturated heterocycles. The lowest BCUT2D eigenvalue weighted by Gasteiger charge is -2.20. The van der Waals surface area contributed by atoms with Crippen LogP contribution in [-0.4, -0.2) is 52.9 Å². The molecule has 1 fully saturated rings. The number of hydrogen-bond donors (Lipinski definition) is 2. The molecule has 0 amide bonds. The summed E-state index contributed by atoms with van der Waals surface area (Å²) in [4.78, 5) is 11.4. The maximum atomic E-state index is 6.31. The van der Waals surface area contributed by atoms with Gasteiger partial charge >= 0.3 is 0 Å². The van der Waals surface area contributed by atoms with Crippen LogP contribution >= 0.6 is 35.6 Å². The first kappa shape index (κ1) is 24.3. The number of guanidine groups is 1. The number of aliphatic imine (C=N–C) groups is 1. The van der Waals surface area contributed by atoms with Crippen molar-refractivity contribution in [1.82, 2.24) is 25.4 Å². The molecule has 0 spiro atoms. The first-order chi connectivity index (χ1) is 15.2. The normalized spacial score (nSPS) is 16.0. The second kappa shape index (κ2) is 12.1. The Morgan fingerprint density at radius 3 is 2.84 bits per heavy atom. The van der Waals surface area contributed by atoms with E-state index in [1.54, 1.807) is 6.20 Å². The number of para-hydroxylation sites is 1. The molecule has 2 N–H and O–H groups in total. The molecule has 32 heavy (non-hydrogen) atoms. The zero-order chi connectivity index (χ0) is 21.5. The van der Waals surface area contributed by atoms with Crippen molar-refractivity contribution >= 4 is 47.4 Å². The number of benzene rings is 1. The smallest absolute Gasteiger partial charge is 0.191 e. The van der Waals surface area contributed by atoms with Gasteiger partial charge in [0.1, 0.15) is 5.82 Å². The maximum absolute atomic E-state index is 6.31. The van der Waals surface area contributed by atoms with Gasteiger partial charge in [0.05, 0.1) is 16.9 Å². The van der Waals surface area contributed by atoms with E-state index in [0.717, 1.165) is 49.9 Å². The lowest BCUT2D eigenvalue weighted by atomic mass is 10.2. The van der Waals surface area contributed by atoms with Crippen LogP contribution in [0.4, 0.5) is 5.82 Å². The minimum atomic E-state index is 0. The molecule has 1 aliphatic rings. The molecule has 4 rings (SSSR count). The number of nitrogens with zero attached hydrogens (tertiary/aromatic N) is 5. The van der Waals surface area contributed by atoms with Crippen molar-refractivity contribution in [2.75, 3.05) is 31.1 Å². The van der Waals surface area contributed by atoms with Gasteiger partial charge in [-0.1, -0.05) is 29.8 Å². The van der Waals surface area contributed by atoms with Gasteiger partial charge in [0.25, 0.3) is 0 Å². The summed E-state index contributed by atoms with van der Waals surface area (Å²) < 4.78 is 1.90. The molecule has 0 radical (unpaired) electrons. The van der Waals surface area contributed by atoms with Gasteiger partial charge in [0, 0.05) is 44.6 Å². The third-order valence-electron chi connectivity index (χ3n) is 5.24. The van der Waals surface area contributed by atoms with Gasteiger partial charge in [0.15, 0.2) is 5.96 Å². The van der Waals surface area contributed by atoms with E-state index < -0.39 is 0 Å². The molecule has 0 bridgehead atoms. The highest BCUT2D eigenvalue weighted by Crippen LogP contribution is 2.25. The molecular weight excluding hydrogens is 537 g/mol. The SMILES string of the molecule is CCNC(=NCCc1cnn(-c2ccccc2)c1)NC1CCN(c2ncccc2Cl)C1.I. The van der Waals surface area contributed by atoms with Gasteiger partial charge in [-0.25, -0.2) is 9.67 Å². The van der Waals surface area contributed by atoms with Gasteiger partial charge in [-0.2, -0.15) is 5.10 Å². The Morgan fingerprint density at radius 2 is 2.06 bits per heavy atom. The van der Waals surface area contributed by atoms with E-state index in [9.17, 15) is 0 Å². The Labute approximate surface area is 211 Å². The van der Waals surface area contributed by atoms with Gasteiger partial charge < -0.3 is 15.5 Å². The zero-order valence-corrected chi connectivity index (χ0v) is 21.2. The van der Waals surface area contributed by atoms with Gasteiger partial charge in [-0.15, -0.1) is 24.0 Å². The Bertz CT molecular complexity index is 1010. The Morgan fingerprint density at radius 1 is 1.22 bits per heavy atom. The summed E-state index contributed by atoms with van der Waals surface area (Å²) in [6.07, 6.45) is 7.61. The monoisotopic (exact) mass is 565 g/mol. The van der Waals surface area contributed by atoms with Crippen LogP contribution < -0.4 is 15.5 Å². The van der Waals surface area contributed by atoms with Crippen LogP contribution in [0.3, 0.4) is 0 Å². The van der Waals surface area contributed by atoms with E-state index in [1.165, 1.54) is 5.56 Å². The second-order valence-corrected chi connectivity index (χ2v) is 7.93. The highest BCUT2D eigenvalue weighted by molar-refractivity contribution is 14.0. The summed E-state index contributed by atoms with van der Waals surface area (Å²) in [5.74, 6) is 1.70. The molecule has 3 aromatic rings. The van der Waals surface area contributed by atoms with E-state index in [1.807, 2.05) is 53.3 Å². The first-order valence-corrected chi connectivity index (χ1v) is 11.1. The predicted molar refractivity (Wildman–Crippen MR) is 142 cm³/mol. The minimum absolute atomic E-state index is 0. The van der Waals surface area contributed by atoms with E-state index in [-0.39, 0.29) is 24.0 Å². The number of halogens is 2. The van der Waals surface area contributed by atoms with E-state index in [2.05, 4.69) is 38.7 Å². The van der Waals surface area contributed by atoms with Crippen LogP contribution in [0.1, 0.15) is 18.9 Å². The molecule has 2 aromatic heterocycles. The molecule has 0 saturated carbocycles. The lowest BCUT2D eigenvalue weighted by molar-refractivity contribution is 0.648. The van der Waals surface area contributed by atoms with Crippen molar-refractivity contribution in [3.8, 4) is 5.69 Å². The van der Waals surface area contributed by atoms with Crippen LogP contribution in [0.5, 0.6) is 0 Å². The predicted octanol–water partition coefficient (Wildman–Crippen LogP) is 3.92. The van der Waals surface area contributed by atoms with Gasteiger partial charge in [-0.3, -0.25) is 4.99 Å². The Balaban J connectivity index is 0.00000289. The topological polar surface area (TPSA) is 70.4 Å². The van der Waals surface area contributed by atoms with Crippen molar-refractivity contribution in [3.63, 3.8) is 0 Å². The molecule has 0 aliphatic carbocycles. The second-order valence-electron chi connectivity index (χ2n) is 7.52. The molecule has 7 nitrogen and oxygen atoms in total. The molecule has 1 atom stereocenters. The van der Waals surface area contributed by atoms with Gasteiger partial charge in [-0.05, 0) is 49.6 Å². The van der Waals surface area contributed by atoms with E-state index >= 15 is 0 Å². The Kier molecular flexibility index (Phi) is 9.16. The maximum Gasteiger partial charge on any atom is 0.191 e. The third-order valence-corrected chi connectivity index (χ3v) is 5.53. The number of hydrogen-bond acceptors (Lipinski definition) is 4. The lowest BCUT2D eigenvalue weighted by Crippen LogP contribution is -2.44. The molecule has 3 heterocycles. The molecular formula is C23H29ClIN7. The number of anilines is 1. The van der Waals surface area contributed by atoms with Crippen molar-refractivity contribution in [2.45, 2.75) is 25.8 Å². The average Bonchev–Trinajstić information content (AvgIpc) is 3.45.